The highest BCUT2D eigenvalue weighted by Gasteiger charge is 2.57. The Hall–Kier alpha value is -1.41. The largest absolute Gasteiger partial charge is 0.394 e. The van der Waals surface area contributed by atoms with Crippen LogP contribution in [0.5, 0.6) is 0 Å². The van der Waals surface area contributed by atoms with Crippen molar-refractivity contribution in [1.82, 2.24) is 5.32 Å². The average Bonchev–Trinajstić information content (AvgIpc) is 3.21. The number of carbonyl (C=O) groups excluding carboxylic acids is 1. The quantitative estimate of drug-likeness (QED) is 0.0817. The molecule has 14 N–H and O–H groups in total. The minimum atomic E-state index is -1.96. The van der Waals surface area contributed by atoms with Crippen molar-refractivity contribution in [3.8, 4) is 0 Å². The number of aliphatic hydroxyl groups excluding tert-OH is 13. The molecule has 0 radical (unpaired) electrons. The molecule has 5 saturated heterocycles. The Morgan fingerprint density at radius 3 is 1.48 bits per heavy atom. The van der Waals surface area contributed by atoms with Gasteiger partial charge in [-0.3, -0.25) is 4.79 Å². The Balaban J connectivity index is 1.43. The summed E-state index contributed by atoms with van der Waals surface area (Å²) in [4.78, 5) is 12.2. The maximum atomic E-state index is 12.2. The van der Waals surface area contributed by atoms with Crippen molar-refractivity contribution < 1.29 is 114 Å². The number of hydrogen-bond acceptors (Lipinski definition) is 23. The maximum absolute atomic E-state index is 12.2. The van der Waals surface area contributed by atoms with Gasteiger partial charge in [-0.1, -0.05) is 27.7 Å². The minimum Gasteiger partial charge on any atom is -0.394 e. The van der Waals surface area contributed by atoms with Crippen LogP contribution in [0, 0.1) is 11.3 Å². The van der Waals surface area contributed by atoms with Gasteiger partial charge in [-0.25, -0.2) is 0 Å². The number of ether oxygens (including phenoxy) is 9. The van der Waals surface area contributed by atoms with E-state index in [0.717, 1.165) is 0 Å². The lowest BCUT2D eigenvalue weighted by molar-refractivity contribution is -0.395. The molecule has 356 valence electrons. The third-order valence-corrected chi connectivity index (χ3v) is 11.9. The molecule has 25 atom stereocenters. The normalized spacial score (nSPS) is 50.0. The summed E-state index contributed by atoms with van der Waals surface area (Å²) in [5.41, 5.74) is -0.664. The molecule has 24 nitrogen and oxygen atoms in total. The lowest BCUT2D eigenvalue weighted by atomic mass is 9.78. The monoisotopic (exact) mass is 891 g/mol. The van der Waals surface area contributed by atoms with Crippen LogP contribution in [0.2, 0.25) is 0 Å². The average molecular weight is 892 g/mol. The third-order valence-electron chi connectivity index (χ3n) is 11.9. The number of hydrogen-bond donors (Lipinski definition) is 14. The highest BCUT2D eigenvalue weighted by Crippen LogP contribution is 2.40. The van der Waals surface area contributed by atoms with Crippen LogP contribution in [-0.2, 0) is 47.4 Å². The van der Waals surface area contributed by atoms with Gasteiger partial charge in [0.2, 0.25) is 5.91 Å². The predicted molar refractivity (Wildman–Crippen MR) is 197 cm³/mol. The van der Waals surface area contributed by atoms with Crippen molar-refractivity contribution in [2.24, 2.45) is 11.3 Å². The molecule has 0 aromatic heterocycles. The summed E-state index contributed by atoms with van der Waals surface area (Å²) in [6.45, 7) is 6.22. The van der Waals surface area contributed by atoms with Crippen molar-refractivity contribution in [3.05, 3.63) is 0 Å². The molecule has 0 spiro atoms. The molecule has 5 aliphatic heterocycles. The topological polar surface area (TPSA) is 375 Å². The van der Waals surface area contributed by atoms with E-state index < -0.39 is 191 Å². The van der Waals surface area contributed by atoms with Crippen molar-refractivity contribution in [1.29, 1.82) is 0 Å². The minimum absolute atomic E-state index is 0.507. The summed E-state index contributed by atoms with van der Waals surface area (Å²) in [5.74, 6) is -1.67. The molecule has 0 aromatic rings. The highest BCUT2D eigenvalue weighted by molar-refractivity contribution is 5.73. The molecule has 1 amide bonds. The van der Waals surface area contributed by atoms with E-state index in [1.807, 2.05) is 0 Å². The van der Waals surface area contributed by atoms with Gasteiger partial charge >= 0.3 is 0 Å². The first-order valence-electron chi connectivity index (χ1n) is 20.3. The SMILES string of the molecule is CC(=O)NC1[C@@H](O)[C@H](O[C@@H]2OC(CO)[C@H](O)[C@H](O[C@@H]3OC(CO)[C@@H](O[C@@H]4OC(CO)[C@H](O)[C@H](O)C4O)[C@H](O[C@@H]4OC(C)[C@@H](O)C(O)[C@H]4O)C3C)C2O)C(CO)O[C@H]1C(C)(C)C. The van der Waals surface area contributed by atoms with Crippen LogP contribution >= 0.6 is 0 Å². The molecule has 5 rings (SSSR count). The van der Waals surface area contributed by atoms with Gasteiger partial charge in [0.05, 0.1) is 50.8 Å². The number of carbonyl (C=O) groups is 1. The molecule has 61 heavy (non-hydrogen) atoms. The van der Waals surface area contributed by atoms with Crippen LogP contribution in [0.4, 0.5) is 0 Å². The molecule has 24 heteroatoms. The van der Waals surface area contributed by atoms with Crippen LogP contribution < -0.4 is 5.32 Å². The summed E-state index contributed by atoms with van der Waals surface area (Å²) in [5, 5.41) is 142. The van der Waals surface area contributed by atoms with Crippen molar-refractivity contribution in [2.45, 2.75) is 189 Å². The third kappa shape index (κ3) is 10.7. The molecular formula is C37H65NO23. The zero-order chi connectivity index (χ0) is 45.4. The van der Waals surface area contributed by atoms with E-state index in [1.165, 1.54) is 20.8 Å². The van der Waals surface area contributed by atoms with Crippen LogP contribution in [0.15, 0.2) is 0 Å². The van der Waals surface area contributed by atoms with E-state index >= 15 is 0 Å². The van der Waals surface area contributed by atoms with E-state index in [9.17, 15) is 71.2 Å². The van der Waals surface area contributed by atoms with Gasteiger partial charge in [-0.05, 0) is 12.3 Å². The van der Waals surface area contributed by atoms with E-state index in [2.05, 4.69) is 5.32 Å². The van der Waals surface area contributed by atoms with Gasteiger partial charge in [0, 0.05) is 12.8 Å². The van der Waals surface area contributed by atoms with Crippen molar-refractivity contribution in [3.63, 3.8) is 0 Å². The zero-order valence-electron chi connectivity index (χ0n) is 34.7. The summed E-state index contributed by atoms with van der Waals surface area (Å²) in [6, 6.07) is -1.07. The molecule has 0 aliphatic carbocycles. The first-order valence-corrected chi connectivity index (χ1v) is 20.3. The van der Waals surface area contributed by atoms with Crippen molar-refractivity contribution in [2.75, 3.05) is 26.4 Å². The Labute approximate surface area is 351 Å². The van der Waals surface area contributed by atoms with Gasteiger partial charge < -0.3 is 114 Å². The van der Waals surface area contributed by atoms with Crippen molar-refractivity contribution >= 4 is 5.91 Å². The Bertz CT molecular complexity index is 1390. The molecule has 5 fully saturated rings. The second kappa shape index (κ2) is 20.8. The Morgan fingerprint density at radius 1 is 0.492 bits per heavy atom. The van der Waals surface area contributed by atoms with Gasteiger partial charge in [0.15, 0.2) is 25.2 Å². The van der Waals surface area contributed by atoms with Crippen LogP contribution in [0.3, 0.4) is 0 Å². The lowest BCUT2D eigenvalue weighted by Crippen LogP contribution is -2.69. The van der Waals surface area contributed by atoms with Crippen LogP contribution in [-0.4, -0.2) is 246 Å². The molecule has 0 aromatic carbocycles. The molecule has 5 aliphatic rings. The summed E-state index contributed by atoms with van der Waals surface area (Å²) < 4.78 is 53.5. The van der Waals surface area contributed by atoms with Crippen LogP contribution in [0.1, 0.15) is 41.5 Å². The molecule has 0 bridgehead atoms. The summed E-state index contributed by atoms with van der Waals surface area (Å²) in [7, 11) is 0. The number of rotatable bonds is 13. The Kier molecular flexibility index (Phi) is 17.3. The van der Waals surface area contributed by atoms with Crippen LogP contribution in [0.25, 0.3) is 0 Å². The van der Waals surface area contributed by atoms with E-state index in [4.69, 9.17) is 42.6 Å². The lowest BCUT2D eigenvalue weighted by Gasteiger charge is -2.52. The highest BCUT2D eigenvalue weighted by atomic mass is 16.8. The number of aliphatic hydroxyl groups is 13. The molecule has 5 heterocycles. The van der Waals surface area contributed by atoms with E-state index in [0.29, 0.717) is 0 Å². The summed E-state index contributed by atoms with van der Waals surface area (Å²) in [6.07, 6.45) is -36.8. The first-order chi connectivity index (χ1) is 28.6. The number of nitrogens with one attached hydrogen (secondary N) is 1. The van der Waals surface area contributed by atoms with Gasteiger partial charge in [-0.2, -0.15) is 0 Å². The maximum Gasteiger partial charge on any atom is 0.217 e. The van der Waals surface area contributed by atoms with Gasteiger partial charge in [0.1, 0.15) is 97.7 Å². The smallest absolute Gasteiger partial charge is 0.217 e. The van der Waals surface area contributed by atoms with E-state index in [-0.39, 0.29) is 0 Å². The van der Waals surface area contributed by atoms with Gasteiger partial charge in [0.25, 0.3) is 0 Å². The Morgan fingerprint density at radius 2 is 0.934 bits per heavy atom. The molecule has 0 saturated carbocycles. The predicted octanol–water partition coefficient (Wildman–Crippen LogP) is -7.38. The second-order valence-electron chi connectivity index (χ2n) is 17.4. The summed E-state index contributed by atoms with van der Waals surface area (Å²) >= 11 is 0. The molecular weight excluding hydrogens is 826 g/mol. The zero-order valence-corrected chi connectivity index (χ0v) is 34.7. The van der Waals surface area contributed by atoms with E-state index in [1.54, 1.807) is 20.8 Å². The second-order valence-corrected chi connectivity index (χ2v) is 17.4. The molecule has 10 unspecified atom stereocenters. The fraction of sp³-hybridized carbons (Fsp3) is 0.973. The first kappa shape index (κ1) is 50.6. The fourth-order valence-corrected chi connectivity index (χ4v) is 8.37. The fourth-order valence-electron chi connectivity index (χ4n) is 8.37. The standard InChI is InChI=1S/C37H65NO23/c1-11-28(58-34-25(50)23(48)19(44)12(2)53-34)30(60-35-26(51)24(49)20(45)14(7-39)55-35)17(10-42)57-33(11)61-31-21(46)15(8-40)56-36(27(31)52)59-29-16(9-41)54-32(37(4,5)6)18(22(29)47)38-13(3)43/h11-12,14-36,39-42,44-52H,7-10H2,1-6H3,(H,38,43)/t11?,12?,14?,15?,16?,17?,18?,19-,20+,21+,22-,23?,24+,25-,26?,27?,28-,29-,30-,31+,32-,33+,34+,35+,36+/m1/s1. The van der Waals surface area contributed by atoms with Gasteiger partial charge in [-0.15, -0.1) is 0 Å². The number of amides is 1.